The van der Waals surface area contributed by atoms with Gasteiger partial charge >= 0.3 is 0 Å². The smallest absolute Gasteiger partial charge is 0.123 e. The average molecular weight is 311 g/mol. The van der Waals surface area contributed by atoms with Crippen LogP contribution in [0.15, 0.2) is 53.4 Å². The normalized spacial score (nSPS) is 11.3. The quantitative estimate of drug-likeness (QED) is 0.921. The number of sulfonamides is 1. The van der Waals surface area contributed by atoms with Crippen LogP contribution in [0, 0.1) is 0 Å². The van der Waals surface area contributed by atoms with E-state index in [0.717, 1.165) is 12.1 Å². The van der Waals surface area contributed by atoms with Crippen LogP contribution < -0.4 is 5.32 Å². The topological polar surface area (TPSA) is 64.8 Å². The van der Waals surface area contributed by atoms with Crippen molar-refractivity contribution in [2.24, 2.45) is 0 Å². The molecule has 0 heterocycles. The van der Waals surface area contributed by atoms with Crippen LogP contribution in [0.5, 0.6) is 0 Å². The van der Waals surface area contributed by atoms with Gasteiger partial charge < -0.3 is 10.0 Å². The number of nitrogens with two attached hydrogens (primary N) is 1. The summed E-state index contributed by atoms with van der Waals surface area (Å²) in [5.41, 5.74) is 1.39. The van der Waals surface area contributed by atoms with Crippen molar-refractivity contribution in [1.29, 1.82) is 0 Å². The first kappa shape index (κ1) is 14.8. The summed E-state index contributed by atoms with van der Waals surface area (Å²) in [6.07, 6.45) is 0. The Balaban J connectivity index is 2.21. The molecule has 0 atom stereocenters. The van der Waals surface area contributed by atoms with E-state index >= 15 is 0 Å². The molecular formula is C14H15ClN2O2S. The van der Waals surface area contributed by atoms with Crippen molar-refractivity contribution in [2.75, 3.05) is 7.05 Å². The molecule has 2 N–H and O–H groups in total. The monoisotopic (exact) mass is 310 g/mol. The van der Waals surface area contributed by atoms with Gasteiger partial charge in [-0.15, -0.1) is 5.69 Å². The van der Waals surface area contributed by atoms with Gasteiger partial charge in [-0.2, -0.15) is 0 Å². The molecule has 2 rings (SSSR count). The van der Waals surface area contributed by atoms with E-state index in [0.29, 0.717) is 10.7 Å². The summed E-state index contributed by atoms with van der Waals surface area (Å²) in [6.45, 7) is 0.811. The molecule has 0 aliphatic rings. The first-order valence-corrected chi connectivity index (χ1v) is 7.93. The predicted octanol–water partition coefficient (Wildman–Crippen LogP) is 2.43. The molecule has 0 fully saturated rings. The second kappa shape index (κ2) is 6.26. The van der Waals surface area contributed by atoms with Gasteiger partial charge in [0.1, 0.15) is 16.6 Å². The summed E-state index contributed by atoms with van der Waals surface area (Å²) < 4.78 is 28.1. The van der Waals surface area contributed by atoms with Gasteiger partial charge in [0, 0.05) is 10.6 Å². The van der Waals surface area contributed by atoms with Crippen LogP contribution in [0.1, 0.15) is 5.56 Å². The fourth-order valence-electron chi connectivity index (χ4n) is 1.76. The minimum atomic E-state index is -3.71. The van der Waals surface area contributed by atoms with Crippen LogP contribution in [0.3, 0.4) is 0 Å². The molecule has 0 aliphatic carbocycles. The zero-order valence-corrected chi connectivity index (χ0v) is 12.5. The highest BCUT2D eigenvalue weighted by Crippen LogP contribution is 2.29. The van der Waals surface area contributed by atoms with Crippen molar-refractivity contribution >= 4 is 27.3 Å². The van der Waals surface area contributed by atoms with Crippen molar-refractivity contribution in [3.63, 3.8) is 0 Å². The molecule has 0 radical (unpaired) electrons. The summed E-state index contributed by atoms with van der Waals surface area (Å²) in [4.78, 5) is 0.178. The molecule has 6 heteroatoms. The first-order chi connectivity index (χ1) is 9.51. The molecule has 0 bridgehead atoms. The standard InChI is InChI=1S/C14H14ClN2O2S/c1-16-10-11-5-7-14(8-6-11)20(18,19)17-13-4-2-3-12(15)9-13/h2-9,16H,10H2,1H3/q-1/p+1. The number of nitrogens with zero attached hydrogens (tertiary/aromatic N) is 1. The molecular weight excluding hydrogens is 296 g/mol. The summed E-state index contributed by atoms with van der Waals surface area (Å²) in [5, 5.41) is 2.47. The van der Waals surface area contributed by atoms with Crippen LogP contribution >= 0.6 is 11.6 Å². The molecule has 106 valence electrons. The third kappa shape index (κ3) is 3.72. The molecule has 4 nitrogen and oxygen atoms in total. The van der Waals surface area contributed by atoms with Crippen molar-refractivity contribution in [1.82, 2.24) is 0 Å². The van der Waals surface area contributed by atoms with Crippen LogP contribution in [0.2, 0.25) is 5.02 Å². The van der Waals surface area contributed by atoms with Gasteiger partial charge in [-0.05, 0) is 18.2 Å². The average Bonchev–Trinajstić information content (AvgIpc) is 2.39. The van der Waals surface area contributed by atoms with Crippen molar-refractivity contribution < 1.29 is 13.7 Å². The maximum absolute atomic E-state index is 12.2. The predicted molar refractivity (Wildman–Crippen MR) is 79.7 cm³/mol. The lowest BCUT2D eigenvalue weighted by Gasteiger charge is -2.22. The Hall–Kier alpha value is -1.56. The van der Waals surface area contributed by atoms with Gasteiger partial charge in [0.25, 0.3) is 0 Å². The largest absolute Gasteiger partial charge is 0.573 e. The van der Waals surface area contributed by atoms with Crippen LogP contribution in [-0.4, -0.2) is 15.5 Å². The molecule has 2 aromatic carbocycles. The molecule has 0 saturated carbocycles. The second-order valence-electron chi connectivity index (χ2n) is 4.30. The Kier molecular flexibility index (Phi) is 4.65. The van der Waals surface area contributed by atoms with Gasteiger partial charge in [0.15, 0.2) is 0 Å². The van der Waals surface area contributed by atoms with Crippen molar-refractivity contribution in [3.05, 3.63) is 63.8 Å². The Morgan fingerprint density at radius 1 is 1.15 bits per heavy atom. The summed E-state index contributed by atoms with van der Waals surface area (Å²) >= 11 is 5.82. The second-order valence-corrected chi connectivity index (χ2v) is 6.34. The molecule has 2 aromatic rings. The number of hydrogen-bond acceptors (Lipinski definition) is 2. The number of rotatable bonds is 5. The summed E-state index contributed by atoms with van der Waals surface area (Å²) in [6, 6.07) is 13.2. The molecule has 20 heavy (non-hydrogen) atoms. The summed E-state index contributed by atoms with van der Waals surface area (Å²) in [5.74, 6) is 0. The summed E-state index contributed by atoms with van der Waals surface area (Å²) in [7, 11) is -1.75. The van der Waals surface area contributed by atoms with E-state index in [1.807, 2.05) is 12.4 Å². The molecule has 0 amide bonds. The zero-order chi connectivity index (χ0) is 14.6. The van der Waals surface area contributed by atoms with E-state index in [4.69, 9.17) is 11.6 Å². The number of benzene rings is 2. The number of halogens is 1. The Bertz CT molecular complexity index is 685. The van der Waals surface area contributed by atoms with Crippen molar-refractivity contribution in [2.45, 2.75) is 11.4 Å². The molecule has 0 aliphatic heterocycles. The lowest BCUT2D eigenvalue weighted by atomic mass is 10.2. The Morgan fingerprint density at radius 2 is 1.85 bits per heavy atom. The highest BCUT2D eigenvalue weighted by molar-refractivity contribution is 7.94. The third-order valence-electron chi connectivity index (χ3n) is 2.69. The first-order valence-electron chi connectivity index (χ1n) is 6.11. The molecule has 0 unspecified atom stereocenters. The van der Waals surface area contributed by atoms with E-state index in [1.165, 1.54) is 6.07 Å². The van der Waals surface area contributed by atoms with Crippen LogP contribution in [0.4, 0.5) is 5.69 Å². The van der Waals surface area contributed by atoms with E-state index in [-0.39, 0.29) is 4.90 Å². The molecule has 0 spiro atoms. The van der Waals surface area contributed by atoms with Crippen LogP contribution in [0.25, 0.3) is 4.72 Å². The van der Waals surface area contributed by atoms with Gasteiger partial charge in [-0.3, -0.25) is 0 Å². The van der Waals surface area contributed by atoms with Gasteiger partial charge in [-0.1, -0.05) is 41.9 Å². The maximum atomic E-state index is 12.2. The fourth-order valence-corrected chi connectivity index (χ4v) is 2.92. The highest BCUT2D eigenvalue weighted by Gasteiger charge is 2.05. The minimum absolute atomic E-state index is 0.178. The van der Waals surface area contributed by atoms with Crippen LogP contribution in [-0.2, 0) is 16.6 Å². The number of hydrogen-bond donors (Lipinski definition) is 1. The van der Waals surface area contributed by atoms with E-state index in [1.54, 1.807) is 42.5 Å². The van der Waals surface area contributed by atoms with E-state index in [2.05, 4.69) is 4.72 Å². The van der Waals surface area contributed by atoms with E-state index < -0.39 is 10.0 Å². The maximum Gasteiger partial charge on any atom is 0.123 e. The zero-order valence-electron chi connectivity index (χ0n) is 11.0. The Morgan fingerprint density at radius 3 is 2.45 bits per heavy atom. The molecule has 0 aromatic heterocycles. The lowest BCUT2D eigenvalue weighted by Crippen LogP contribution is -2.77. The highest BCUT2D eigenvalue weighted by atomic mass is 35.5. The SMILES string of the molecule is C[NH2+]Cc1ccc(S(=O)(=O)[N-]c2cccc(Cl)c2)cc1. The number of quaternary nitrogens is 1. The third-order valence-corrected chi connectivity index (χ3v) is 4.25. The van der Waals surface area contributed by atoms with Gasteiger partial charge in [-0.25, -0.2) is 8.42 Å². The van der Waals surface area contributed by atoms with Crippen molar-refractivity contribution in [3.8, 4) is 0 Å². The fraction of sp³-hybridized carbons (Fsp3) is 0.143. The molecule has 0 saturated heterocycles. The van der Waals surface area contributed by atoms with E-state index in [9.17, 15) is 8.42 Å². The van der Waals surface area contributed by atoms with Gasteiger partial charge in [0.05, 0.1) is 11.9 Å². The minimum Gasteiger partial charge on any atom is -0.573 e. The Labute approximate surface area is 123 Å². The lowest BCUT2D eigenvalue weighted by molar-refractivity contribution is -0.643. The van der Waals surface area contributed by atoms with Gasteiger partial charge in [0.2, 0.25) is 0 Å².